The maximum atomic E-state index is 12.9. The van der Waals surface area contributed by atoms with Gasteiger partial charge in [-0.15, -0.1) is 0 Å². The van der Waals surface area contributed by atoms with E-state index in [1.165, 1.54) is 43.4 Å². The van der Waals surface area contributed by atoms with Gasteiger partial charge in [0.1, 0.15) is 5.82 Å². The molecule has 1 atom stereocenters. The molecule has 0 radical (unpaired) electrons. The molecule has 3 nitrogen and oxygen atoms in total. The summed E-state index contributed by atoms with van der Waals surface area (Å²) in [6.45, 7) is 3.30. The van der Waals surface area contributed by atoms with Gasteiger partial charge in [-0.25, -0.2) is 4.39 Å². The second-order valence-corrected chi connectivity index (χ2v) is 7.62. The Morgan fingerprint density at radius 3 is 2.41 bits per heavy atom. The first-order valence-electron chi connectivity index (χ1n) is 9.90. The van der Waals surface area contributed by atoms with E-state index in [9.17, 15) is 9.18 Å². The second-order valence-electron chi connectivity index (χ2n) is 7.62. The summed E-state index contributed by atoms with van der Waals surface area (Å²) in [5.74, 6) is -0.224. The molecule has 144 valence electrons. The normalized spacial score (nSPS) is 16.8. The molecule has 1 aliphatic rings. The zero-order valence-electron chi connectivity index (χ0n) is 16.0. The molecular formula is C23H29FN2O. The van der Waals surface area contributed by atoms with Gasteiger partial charge in [0.15, 0.2) is 0 Å². The molecule has 0 aromatic heterocycles. The molecule has 1 amide bonds. The van der Waals surface area contributed by atoms with Crippen LogP contribution in [0.25, 0.3) is 0 Å². The molecule has 2 N–H and O–H groups in total. The summed E-state index contributed by atoms with van der Waals surface area (Å²) in [5, 5.41) is 6.44. The number of hydrogen-bond donors (Lipinski definition) is 2. The number of rotatable bonds is 8. The Bertz CT molecular complexity index is 724. The molecule has 0 heterocycles. The fourth-order valence-corrected chi connectivity index (χ4v) is 3.99. The zero-order chi connectivity index (χ0) is 19.1. The molecule has 27 heavy (non-hydrogen) atoms. The molecule has 0 spiro atoms. The molecule has 1 fully saturated rings. The smallest absolute Gasteiger partial charge is 0.236 e. The van der Waals surface area contributed by atoms with Crippen LogP contribution >= 0.6 is 0 Å². The first-order valence-corrected chi connectivity index (χ1v) is 9.90. The van der Waals surface area contributed by atoms with Gasteiger partial charge in [-0.2, -0.15) is 0 Å². The number of halogens is 1. The molecule has 0 bridgehead atoms. The largest absolute Gasteiger partial charge is 0.354 e. The minimum Gasteiger partial charge on any atom is -0.354 e. The fraction of sp³-hybridized carbons (Fsp3) is 0.435. The highest BCUT2D eigenvalue weighted by Gasteiger charge is 2.35. The number of benzene rings is 2. The van der Waals surface area contributed by atoms with Crippen LogP contribution in [0.4, 0.5) is 4.39 Å². The van der Waals surface area contributed by atoms with Crippen molar-refractivity contribution in [1.82, 2.24) is 10.6 Å². The van der Waals surface area contributed by atoms with E-state index >= 15 is 0 Å². The molecule has 0 aliphatic heterocycles. The van der Waals surface area contributed by atoms with Crippen LogP contribution in [-0.4, -0.2) is 25.0 Å². The van der Waals surface area contributed by atoms with Crippen LogP contribution in [0.5, 0.6) is 0 Å². The molecule has 3 rings (SSSR count). The number of carbonyl (C=O) groups excluding carboxylic acids is 1. The third kappa shape index (κ3) is 5.16. The first-order chi connectivity index (χ1) is 13.1. The summed E-state index contributed by atoms with van der Waals surface area (Å²) >= 11 is 0. The first kappa shape index (κ1) is 19.6. The van der Waals surface area contributed by atoms with Crippen LogP contribution < -0.4 is 10.6 Å². The summed E-state index contributed by atoms with van der Waals surface area (Å²) in [6.07, 6.45) is 5.53. The van der Waals surface area contributed by atoms with Crippen molar-refractivity contribution in [2.75, 3.05) is 13.1 Å². The van der Waals surface area contributed by atoms with Gasteiger partial charge in [-0.1, -0.05) is 55.3 Å². The Hall–Kier alpha value is -2.20. The summed E-state index contributed by atoms with van der Waals surface area (Å²) in [7, 11) is 0. The highest BCUT2D eigenvalue weighted by molar-refractivity contribution is 5.81. The quantitative estimate of drug-likeness (QED) is 0.740. The van der Waals surface area contributed by atoms with Crippen molar-refractivity contribution >= 4 is 5.91 Å². The van der Waals surface area contributed by atoms with Crippen LogP contribution in [0, 0.1) is 5.82 Å². The highest BCUT2D eigenvalue weighted by Crippen LogP contribution is 2.40. The van der Waals surface area contributed by atoms with Gasteiger partial charge in [0.05, 0.1) is 6.04 Å². The molecular weight excluding hydrogens is 339 g/mol. The predicted molar refractivity (Wildman–Crippen MR) is 107 cm³/mol. The van der Waals surface area contributed by atoms with Crippen LogP contribution in [0.15, 0.2) is 54.6 Å². The minimum atomic E-state index is -0.237. The van der Waals surface area contributed by atoms with Crippen molar-refractivity contribution < 1.29 is 9.18 Å². The second kappa shape index (κ2) is 9.14. The number of amides is 1. The lowest BCUT2D eigenvalue weighted by Crippen LogP contribution is -2.47. The van der Waals surface area contributed by atoms with E-state index in [0.29, 0.717) is 13.0 Å². The van der Waals surface area contributed by atoms with Gasteiger partial charge in [-0.05, 0) is 49.4 Å². The molecule has 1 aliphatic carbocycles. The van der Waals surface area contributed by atoms with Gasteiger partial charge in [0.2, 0.25) is 5.91 Å². The van der Waals surface area contributed by atoms with E-state index in [1.54, 1.807) is 12.1 Å². The van der Waals surface area contributed by atoms with Gasteiger partial charge in [0.25, 0.3) is 0 Å². The van der Waals surface area contributed by atoms with Crippen LogP contribution in [-0.2, 0) is 16.6 Å². The van der Waals surface area contributed by atoms with Gasteiger partial charge < -0.3 is 10.6 Å². The Labute approximate surface area is 161 Å². The number of hydrogen-bond acceptors (Lipinski definition) is 2. The monoisotopic (exact) mass is 368 g/mol. The molecule has 1 saturated carbocycles. The Kier molecular flexibility index (Phi) is 6.62. The van der Waals surface area contributed by atoms with Crippen molar-refractivity contribution in [2.45, 2.75) is 50.5 Å². The summed E-state index contributed by atoms with van der Waals surface area (Å²) in [5.41, 5.74) is 2.54. The topological polar surface area (TPSA) is 41.1 Å². The summed E-state index contributed by atoms with van der Waals surface area (Å²) in [4.78, 5) is 12.4. The molecule has 0 saturated heterocycles. The van der Waals surface area contributed by atoms with Gasteiger partial charge in [-0.3, -0.25) is 4.79 Å². The SMILES string of the molecule is CC(NCC1(c2ccccc2)CCCC1)C(=O)NCCc1ccc(F)cc1. The lowest BCUT2D eigenvalue weighted by atomic mass is 9.78. The summed E-state index contributed by atoms with van der Waals surface area (Å²) < 4.78 is 12.9. The molecule has 2 aromatic rings. The maximum absolute atomic E-state index is 12.9. The molecule has 2 aromatic carbocycles. The predicted octanol–water partition coefficient (Wildman–Crippen LogP) is 3.97. The maximum Gasteiger partial charge on any atom is 0.236 e. The van der Waals surface area contributed by atoms with Crippen LogP contribution in [0.2, 0.25) is 0 Å². The Balaban J connectivity index is 1.48. The summed E-state index contributed by atoms with van der Waals surface area (Å²) in [6, 6.07) is 16.8. The number of nitrogens with one attached hydrogen (secondary N) is 2. The van der Waals surface area contributed by atoms with Crippen molar-refractivity contribution in [3.05, 3.63) is 71.5 Å². The standard InChI is InChI=1S/C23H29FN2O/c1-18(22(27)25-16-13-19-9-11-21(24)12-10-19)26-17-23(14-5-6-15-23)20-7-3-2-4-8-20/h2-4,7-12,18,26H,5-6,13-17H2,1H3,(H,25,27). The highest BCUT2D eigenvalue weighted by atomic mass is 19.1. The lowest BCUT2D eigenvalue weighted by molar-refractivity contribution is -0.122. The minimum absolute atomic E-state index is 0.0123. The average molecular weight is 368 g/mol. The van der Waals surface area contributed by atoms with E-state index in [1.807, 2.05) is 6.92 Å². The number of carbonyl (C=O) groups is 1. The zero-order valence-corrected chi connectivity index (χ0v) is 16.0. The van der Waals surface area contributed by atoms with E-state index < -0.39 is 0 Å². The van der Waals surface area contributed by atoms with E-state index in [0.717, 1.165) is 12.1 Å². The third-order valence-corrected chi connectivity index (χ3v) is 5.71. The van der Waals surface area contributed by atoms with Crippen LogP contribution in [0.3, 0.4) is 0 Å². The van der Waals surface area contributed by atoms with Crippen molar-refractivity contribution in [1.29, 1.82) is 0 Å². The van der Waals surface area contributed by atoms with Crippen molar-refractivity contribution in [3.63, 3.8) is 0 Å². The van der Waals surface area contributed by atoms with Crippen LogP contribution in [0.1, 0.15) is 43.7 Å². The lowest BCUT2D eigenvalue weighted by Gasteiger charge is -2.31. The average Bonchev–Trinajstić information content (AvgIpc) is 3.18. The molecule has 4 heteroatoms. The van der Waals surface area contributed by atoms with E-state index in [2.05, 4.69) is 41.0 Å². The molecule has 1 unspecified atom stereocenters. The van der Waals surface area contributed by atoms with Gasteiger partial charge >= 0.3 is 0 Å². The van der Waals surface area contributed by atoms with Crippen molar-refractivity contribution in [2.24, 2.45) is 0 Å². The van der Waals surface area contributed by atoms with E-state index in [4.69, 9.17) is 0 Å². The van der Waals surface area contributed by atoms with Gasteiger partial charge in [0, 0.05) is 18.5 Å². The fourth-order valence-electron chi connectivity index (χ4n) is 3.99. The third-order valence-electron chi connectivity index (χ3n) is 5.71. The van der Waals surface area contributed by atoms with E-state index in [-0.39, 0.29) is 23.2 Å². The Morgan fingerprint density at radius 1 is 1.07 bits per heavy atom. The van der Waals surface area contributed by atoms with Crippen molar-refractivity contribution in [3.8, 4) is 0 Å². The Morgan fingerprint density at radius 2 is 1.74 bits per heavy atom.